The van der Waals surface area contributed by atoms with Crippen LogP contribution in [0.3, 0.4) is 0 Å². The van der Waals surface area contributed by atoms with Crippen molar-refractivity contribution in [1.82, 2.24) is 15.0 Å². The molecule has 0 saturated carbocycles. The molecule has 9 nitrogen and oxygen atoms in total. The van der Waals surface area contributed by atoms with Gasteiger partial charge in [0.05, 0.1) is 5.69 Å². The fraction of sp³-hybridized carbons (Fsp3) is 0.161. The first kappa shape index (κ1) is 27.7. The third kappa shape index (κ3) is 7.36. The zero-order chi connectivity index (χ0) is 28.7. The van der Waals surface area contributed by atoms with Crippen molar-refractivity contribution in [2.75, 3.05) is 16.0 Å². The second kappa shape index (κ2) is 12.0. The molecular weight excluding hydrogens is 502 g/mol. The average Bonchev–Trinajstić information content (AvgIpc) is 2.93. The normalized spacial score (nSPS) is 11.3. The van der Waals surface area contributed by atoms with E-state index in [0.717, 1.165) is 22.5 Å². The molecule has 2 heterocycles. The quantitative estimate of drug-likeness (QED) is 0.189. The molecule has 0 aliphatic heterocycles. The van der Waals surface area contributed by atoms with Crippen LogP contribution in [-0.4, -0.2) is 26.8 Å². The standard InChI is InChI=1S/C31H29N7O2/c1-20-15-25(10-11-26(20)37-30-34-14-12-27(38-30)22-8-6-13-33-19-22)36-28(39)21-7-5-9-24(16-21)35-29(40)23(18-32)17-31(2,3)4/h5-17,19H,1-4H3,(H,35,40)(H,36,39)(H,34,37,38)/b23-17+. The van der Waals surface area contributed by atoms with Crippen molar-refractivity contribution in [2.45, 2.75) is 27.7 Å². The first-order valence-electron chi connectivity index (χ1n) is 12.6. The van der Waals surface area contributed by atoms with Crippen LogP contribution in [0.15, 0.2) is 90.9 Å². The Morgan fingerprint density at radius 2 is 1.75 bits per heavy atom. The van der Waals surface area contributed by atoms with Gasteiger partial charge in [-0.25, -0.2) is 9.97 Å². The van der Waals surface area contributed by atoms with Gasteiger partial charge < -0.3 is 16.0 Å². The molecule has 0 aliphatic carbocycles. The number of nitrogens with one attached hydrogen (secondary N) is 3. The maximum atomic E-state index is 13.0. The number of amides is 2. The Kier molecular flexibility index (Phi) is 8.30. The summed E-state index contributed by atoms with van der Waals surface area (Å²) in [5, 5.41) is 18.2. The molecule has 0 atom stereocenters. The SMILES string of the molecule is Cc1cc(NC(=O)c2cccc(NC(=O)/C(C#N)=C/C(C)(C)C)c2)ccc1Nc1nccc(-c2cccnc2)n1. The van der Waals surface area contributed by atoms with Gasteiger partial charge in [-0.3, -0.25) is 14.6 Å². The lowest BCUT2D eigenvalue weighted by molar-refractivity contribution is -0.112. The van der Waals surface area contributed by atoms with Crippen LogP contribution in [0.4, 0.5) is 23.0 Å². The van der Waals surface area contributed by atoms with Crippen molar-refractivity contribution < 1.29 is 9.59 Å². The molecule has 0 fully saturated rings. The third-order valence-corrected chi connectivity index (χ3v) is 5.67. The van der Waals surface area contributed by atoms with Crippen LogP contribution in [0.25, 0.3) is 11.3 Å². The van der Waals surface area contributed by atoms with E-state index in [0.29, 0.717) is 22.9 Å². The molecule has 0 unspecified atom stereocenters. The summed E-state index contributed by atoms with van der Waals surface area (Å²) in [7, 11) is 0. The summed E-state index contributed by atoms with van der Waals surface area (Å²) in [4.78, 5) is 38.5. The highest BCUT2D eigenvalue weighted by molar-refractivity contribution is 6.08. The number of benzene rings is 2. The van der Waals surface area contributed by atoms with Crippen LogP contribution in [0.1, 0.15) is 36.7 Å². The lowest BCUT2D eigenvalue weighted by Crippen LogP contribution is -2.17. The van der Waals surface area contributed by atoms with Gasteiger partial charge in [0.2, 0.25) is 5.95 Å². The molecule has 0 bridgehead atoms. The first-order chi connectivity index (χ1) is 19.1. The molecule has 4 aromatic rings. The molecule has 0 spiro atoms. The summed E-state index contributed by atoms with van der Waals surface area (Å²) in [6, 6.07) is 19.5. The monoisotopic (exact) mass is 531 g/mol. The zero-order valence-corrected chi connectivity index (χ0v) is 22.7. The van der Waals surface area contributed by atoms with Gasteiger partial charge in [-0.2, -0.15) is 5.26 Å². The van der Waals surface area contributed by atoms with Gasteiger partial charge in [-0.1, -0.05) is 32.9 Å². The number of nitrogens with zero attached hydrogens (tertiary/aromatic N) is 4. The highest BCUT2D eigenvalue weighted by Crippen LogP contribution is 2.24. The minimum Gasteiger partial charge on any atom is -0.324 e. The lowest BCUT2D eigenvalue weighted by atomic mass is 9.93. The number of nitriles is 1. The summed E-state index contributed by atoms with van der Waals surface area (Å²) in [6.45, 7) is 7.63. The molecular formula is C31H29N7O2. The molecule has 2 aromatic carbocycles. The second-order valence-electron chi connectivity index (χ2n) is 10.2. The highest BCUT2D eigenvalue weighted by atomic mass is 16.2. The Bertz CT molecular complexity index is 1620. The fourth-order valence-electron chi connectivity index (χ4n) is 3.82. The van der Waals surface area contributed by atoms with Crippen molar-refractivity contribution in [3.8, 4) is 17.3 Å². The number of hydrogen-bond acceptors (Lipinski definition) is 7. The molecule has 0 aliphatic rings. The third-order valence-electron chi connectivity index (χ3n) is 5.67. The van der Waals surface area contributed by atoms with E-state index < -0.39 is 5.91 Å². The zero-order valence-electron chi connectivity index (χ0n) is 22.7. The van der Waals surface area contributed by atoms with Gasteiger partial charge in [0, 0.05) is 46.8 Å². The summed E-state index contributed by atoms with van der Waals surface area (Å²) in [5.74, 6) is -0.421. The maximum Gasteiger partial charge on any atom is 0.265 e. The Balaban J connectivity index is 1.43. The van der Waals surface area contributed by atoms with E-state index in [4.69, 9.17) is 0 Å². The predicted molar refractivity (Wildman–Crippen MR) is 156 cm³/mol. The average molecular weight is 532 g/mol. The van der Waals surface area contributed by atoms with Crippen molar-refractivity contribution in [3.63, 3.8) is 0 Å². The van der Waals surface area contributed by atoms with Crippen LogP contribution in [0.5, 0.6) is 0 Å². The number of aryl methyl sites for hydroxylation is 1. The Morgan fingerprint density at radius 1 is 0.950 bits per heavy atom. The Hall–Kier alpha value is -5.36. The van der Waals surface area contributed by atoms with Crippen molar-refractivity contribution in [1.29, 1.82) is 5.26 Å². The van der Waals surface area contributed by atoms with Crippen LogP contribution < -0.4 is 16.0 Å². The largest absolute Gasteiger partial charge is 0.324 e. The first-order valence-corrected chi connectivity index (χ1v) is 12.6. The number of pyridine rings is 1. The van der Waals surface area contributed by atoms with Gasteiger partial charge in [-0.15, -0.1) is 0 Å². The molecule has 3 N–H and O–H groups in total. The fourth-order valence-corrected chi connectivity index (χ4v) is 3.82. The summed E-state index contributed by atoms with van der Waals surface area (Å²) in [5.41, 5.74) is 4.37. The van der Waals surface area contributed by atoms with E-state index in [1.54, 1.807) is 55.0 Å². The van der Waals surface area contributed by atoms with E-state index >= 15 is 0 Å². The molecule has 40 heavy (non-hydrogen) atoms. The van der Waals surface area contributed by atoms with Gasteiger partial charge in [-0.05, 0) is 72.5 Å². The number of carbonyl (C=O) groups is 2. The molecule has 200 valence electrons. The predicted octanol–water partition coefficient (Wildman–Crippen LogP) is 6.28. The number of aromatic nitrogens is 3. The molecule has 2 aromatic heterocycles. The smallest absolute Gasteiger partial charge is 0.265 e. The molecule has 2 amide bonds. The second-order valence-corrected chi connectivity index (χ2v) is 10.2. The van der Waals surface area contributed by atoms with Gasteiger partial charge >= 0.3 is 0 Å². The maximum absolute atomic E-state index is 13.0. The minimum absolute atomic E-state index is 0.0146. The van der Waals surface area contributed by atoms with Gasteiger partial charge in [0.1, 0.15) is 11.6 Å². The summed E-state index contributed by atoms with van der Waals surface area (Å²) >= 11 is 0. The minimum atomic E-state index is -0.524. The van der Waals surface area contributed by atoms with E-state index in [-0.39, 0.29) is 16.9 Å². The Morgan fingerprint density at radius 3 is 2.45 bits per heavy atom. The number of carbonyl (C=O) groups excluding carboxylic acids is 2. The van der Waals surface area contributed by atoms with Crippen molar-refractivity contribution in [3.05, 3.63) is 102 Å². The molecule has 4 rings (SSSR count). The number of hydrogen-bond donors (Lipinski definition) is 3. The lowest BCUT2D eigenvalue weighted by Gasteiger charge is -2.13. The summed E-state index contributed by atoms with van der Waals surface area (Å²) in [6.07, 6.45) is 6.75. The van der Waals surface area contributed by atoms with Crippen LogP contribution in [-0.2, 0) is 4.79 Å². The van der Waals surface area contributed by atoms with Gasteiger partial charge in [0.15, 0.2) is 0 Å². The van der Waals surface area contributed by atoms with E-state index in [2.05, 4.69) is 30.9 Å². The molecule has 0 saturated heterocycles. The topological polar surface area (TPSA) is 133 Å². The number of allylic oxidation sites excluding steroid dienone is 1. The highest BCUT2D eigenvalue weighted by Gasteiger charge is 2.16. The van der Waals surface area contributed by atoms with E-state index in [1.165, 1.54) is 0 Å². The van der Waals surface area contributed by atoms with E-state index in [1.807, 2.05) is 64.1 Å². The van der Waals surface area contributed by atoms with Crippen LogP contribution in [0.2, 0.25) is 0 Å². The number of anilines is 4. The number of rotatable bonds is 7. The summed E-state index contributed by atoms with van der Waals surface area (Å²) < 4.78 is 0. The van der Waals surface area contributed by atoms with Crippen LogP contribution in [0, 0.1) is 23.7 Å². The Labute approximate surface area is 233 Å². The van der Waals surface area contributed by atoms with Crippen molar-refractivity contribution >= 4 is 34.8 Å². The van der Waals surface area contributed by atoms with Crippen LogP contribution >= 0.6 is 0 Å². The molecule has 0 radical (unpaired) electrons. The van der Waals surface area contributed by atoms with Gasteiger partial charge in [0.25, 0.3) is 11.8 Å². The van der Waals surface area contributed by atoms with Crippen molar-refractivity contribution in [2.24, 2.45) is 5.41 Å². The molecule has 9 heteroatoms. The van der Waals surface area contributed by atoms with E-state index in [9.17, 15) is 14.9 Å².